The van der Waals surface area contributed by atoms with Crippen molar-refractivity contribution in [2.45, 2.75) is 13.8 Å². The van der Waals surface area contributed by atoms with E-state index in [4.69, 9.17) is 4.74 Å². The topological polar surface area (TPSA) is 50.4 Å². The highest BCUT2D eigenvalue weighted by Gasteiger charge is 2.08. The van der Waals surface area contributed by atoms with Crippen LogP contribution in [-0.4, -0.2) is 32.7 Å². The molecule has 0 aromatic heterocycles. The molecule has 0 atom stereocenters. The number of hydrogen-bond donors (Lipinski definition) is 2. The fourth-order valence-electron chi connectivity index (χ4n) is 1.63. The van der Waals surface area contributed by atoms with Crippen LogP contribution >= 0.6 is 15.9 Å². The van der Waals surface area contributed by atoms with Crippen molar-refractivity contribution in [3.8, 4) is 0 Å². The fourth-order valence-corrected chi connectivity index (χ4v) is 2.41. The third kappa shape index (κ3) is 4.76. The predicted molar refractivity (Wildman–Crippen MR) is 77.0 cm³/mol. The number of hydrogen-bond acceptors (Lipinski definition) is 3. The Hall–Kier alpha value is -0.910. The van der Waals surface area contributed by atoms with Crippen molar-refractivity contribution < 1.29 is 9.53 Å². The Kier molecular flexibility index (Phi) is 6.32. The molecule has 0 fully saturated rings. The predicted octanol–water partition coefficient (Wildman–Crippen LogP) is 2.24. The van der Waals surface area contributed by atoms with Gasteiger partial charge in [0, 0.05) is 18.1 Å². The van der Waals surface area contributed by atoms with Gasteiger partial charge in [-0.2, -0.15) is 0 Å². The van der Waals surface area contributed by atoms with Crippen LogP contribution in [0.4, 0.5) is 5.69 Å². The van der Waals surface area contributed by atoms with Crippen molar-refractivity contribution in [2.75, 3.05) is 32.1 Å². The van der Waals surface area contributed by atoms with Crippen molar-refractivity contribution >= 4 is 27.5 Å². The molecule has 0 bridgehead atoms. The Bertz CT molecular complexity index is 398. The molecule has 100 valence electrons. The minimum atomic E-state index is -0.0567. The third-order valence-electron chi connectivity index (χ3n) is 2.46. The highest BCUT2D eigenvalue weighted by atomic mass is 79.9. The Morgan fingerprint density at radius 2 is 2.11 bits per heavy atom. The summed E-state index contributed by atoms with van der Waals surface area (Å²) in [5.41, 5.74) is 3.04. The lowest BCUT2D eigenvalue weighted by Gasteiger charge is -2.12. The minimum Gasteiger partial charge on any atom is -0.383 e. The van der Waals surface area contributed by atoms with Crippen molar-refractivity contribution in [1.82, 2.24) is 5.32 Å². The number of nitrogens with one attached hydrogen (secondary N) is 2. The third-order valence-corrected chi connectivity index (χ3v) is 3.09. The van der Waals surface area contributed by atoms with Crippen LogP contribution in [0, 0.1) is 13.8 Å². The zero-order chi connectivity index (χ0) is 13.5. The van der Waals surface area contributed by atoms with E-state index in [1.54, 1.807) is 7.11 Å². The summed E-state index contributed by atoms with van der Waals surface area (Å²) in [6, 6.07) is 4.03. The summed E-state index contributed by atoms with van der Waals surface area (Å²) in [5.74, 6) is -0.0567. The van der Waals surface area contributed by atoms with Gasteiger partial charge in [-0.1, -0.05) is 6.07 Å². The smallest absolute Gasteiger partial charge is 0.238 e. The number of amides is 1. The second-order valence-electron chi connectivity index (χ2n) is 4.16. The first kappa shape index (κ1) is 15.1. The van der Waals surface area contributed by atoms with Gasteiger partial charge >= 0.3 is 0 Å². The van der Waals surface area contributed by atoms with E-state index >= 15 is 0 Å². The van der Waals surface area contributed by atoms with Crippen molar-refractivity contribution in [1.29, 1.82) is 0 Å². The summed E-state index contributed by atoms with van der Waals surface area (Å²) in [7, 11) is 1.63. The summed E-state index contributed by atoms with van der Waals surface area (Å²) >= 11 is 3.46. The molecule has 1 amide bonds. The second-order valence-corrected chi connectivity index (χ2v) is 5.01. The first-order valence-corrected chi connectivity index (χ1v) is 6.60. The largest absolute Gasteiger partial charge is 0.383 e. The maximum atomic E-state index is 11.7. The number of carbonyl (C=O) groups excluding carboxylic acids is 1. The van der Waals surface area contributed by atoms with Gasteiger partial charge in [0.25, 0.3) is 0 Å². The molecule has 0 heterocycles. The number of anilines is 1. The quantitative estimate of drug-likeness (QED) is 0.792. The first-order valence-electron chi connectivity index (χ1n) is 5.81. The molecule has 0 spiro atoms. The SMILES string of the molecule is COCCNCC(=O)Nc1c(C)cc(C)cc1Br. The van der Waals surface area contributed by atoms with E-state index in [1.165, 1.54) is 0 Å². The number of aryl methyl sites for hydroxylation is 2. The summed E-state index contributed by atoms with van der Waals surface area (Å²) in [6.45, 7) is 5.54. The van der Waals surface area contributed by atoms with Gasteiger partial charge < -0.3 is 15.4 Å². The van der Waals surface area contributed by atoms with Gasteiger partial charge in [-0.3, -0.25) is 4.79 Å². The van der Waals surface area contributed by atoms with E-state index in [1.807, 2.05) is 26.0 Å². The summed E-state index contributed by atoms with van der Waals surface area (Å²) in [5, 5.41) is 5.90. The lowest BCUT2D eigenvalue weighted by Crippen LogP contribution is -2.30. The van der Waals surface area contributed by atoms with Gasteiger partial charge in [0.15, 0.2) is 0 Å². The highest BCUT2D eigenvalue weighted by Crippen LogP contribution is 2.27. The van der Waals surface area contributed by atoms with E-state index in [-0.39, 0.29) is 12.5 Å². The van der Waals surface area contributed by atoms with E-state index in [0.29, 0.717) is 13.2 Å². The van der Waals surface area contributed by atoms with Gasteiger partial charge in [0.2, 0.25) is 5.91 Å². The maximum Gasteiger partial charge on any atom is 0.238 e. The van der Waals surface area contributed by atoms with E-state index < -0.39 is 0 Å². The fraction of sp³-hybridized carbons (Fsp3) is 0.462. The van der Waals surface area contributed by atoms with Crippen LogP contribution in [0.5, 0.6) is 0 Å². The molecular formula is C13H19BrN2O2. The lowest BCUT2D eigenvalue weighted by atomic mass is 10.1. The summed E-state index contributed by atoms with van der Waals surface area (Å²) in [4.78, 5) is 11.7. The monoisotopic (exact) mass is 314 g/mol. The molecule has 4 nitrogen and oxygen atoms in total. The van der Waals surface area contributed by atoms with Crippen LogP contribution in [0.25, 0.3) is 0 Å². The van der Waals surface area contributed by atoms with Crippen molar-refractivity contribution in [3.05, 3.63) is 27.7 Å². The molecule has 0 aliphatic rings. The van der Waals surface area contributed by atoms with Gasteiger partial charge in [-0.25, -0.2) is 0 Å². The van der Waals surface area contributed by atoms with Gasteiger partial charge in [0.1, 0.15) is 0 Å². The summed E-state index contributed by atoms with van der Waals surface area (Å²) in [6.07, 6.45) is 0. The van der Waals surface area contributed by atoms with Gasteiger partial charge in [0.05, 0.1) is 18.8 Å². The molecule has 0 aliphatic heterocycles. The Morgan fingerprint density at radius 1 is 1.39 bits per heavy atom. The van der Waals surface area contributed by atoms with Crippen LogP contribution in [0.2, 0.25) is 0 Å². The van der Waals surface area contributed by atoms with E-state index in [0.717, 1.165) is 21.3 Å². The zero-order valence-corrected chi connectivity index (χ0v) is 12.6. The van der Waals surface area contributed by atoms with Crippen molar-refractivity contribution in [2.24, 2.45) is 0 Å². The average Bonchev–Trinajstić information content (AvgIpc) is 2.29. The van der Waals surface area contributed by atoms with Crippen LogP contribution in [0.15, 0.2) is 16.6 Å². The molecular weight excluding hydrogens is 296 g/mol. The Morgan fingerprint density at radius 3 is 2.72 bits per heavy atom. The number of ether oxygens (including phenoxy) is 1. The first-order chi connectivity index (χ1) is 8.54. The lowest BCUT2D eigenvalue weighted by molar-refractivity contribution is -0.115. The standard InChI is InChI=1S/C13H19BrN2O2/c1-9-6-10(2)13(11(14)7-9)16-12(17)8-15-4-5-18-3/h6-7,15H,4-5,8H2,1-3H3,(H,16,17). The molecule has 5 heteroatoms. The molecule has 1 aromatic rings. The van der Waals surface area contributed by atoms with E-state index in [9.17, 15) is 4.79 Å². The molecule has 2 N–H and O–H groups in total. The normalized spacial score (nSPS) is 10.4. The maximum absolute atomic E-state index is 11.7. The molecule has 1 rings (SSSR count). The average molecular weight is 315 g/mol. The van der Waals surface area contributed by atoms with Crippen LogP contribution < -0.4 is 10.6 Å². The number of benzene rings is 1. The molecule has 1 aromatic carbocycles. The molecule has 0 radical (unpaired) electrons. The minimum absolute atomic E-state index is 0.0567. The number of halogens is 1. The van der Waals surface area contributed by atoms with Gasteiger partial charge in [-0.15, -0.1) is 0 Å². The van der Waals surface area contributed by atoms with E-state index in [2.05, 4.69) is 26.6 Å². The molecule has 18 heavy (non-hydrogen) atoms. The van der Waals surface area contributed by atoms with Crippen LogP contribution in [0.1, 0.15) is 11.1 Å². The number of rotatable bonds is 6. The van der Waals surface area contributed by atoms with Crippen LogP contribution in [0.3, 0.4) is 0 Å². The van der Waals surface area contributed by atoms with Gasteiger partial charge in [-0.05, 0) is 47.0 Å². The molecule has 0 aliphatic carbocycles. The molecule has 0 unspecified atom stereocenters. The number of carbonyl (C=O) groups is 1. The zero-order valence-electron chi connectivity index (χ0n) is 11.0. The molecule has 0 saturated heterocycles. The Balaban J connectivity index is 2.54. The van der Waals surface area contributed by atoms with Crippen molar-refractivity contribution in [3.63, 3.8) is 0 Å². The molecule has 0 saturated carbocycles. The van der Waals surface area contributed by atoms with Crippen LogP contribution in [-0.2, 0) is 9.53 Å². The second kappa shape index (κ2) is 7.51. The summed E-state index contributed by atoms with van der Waals surface area (Å²) < 4.78 is 5.80. The highest BCUT2D eigenvalue weighted by molar-refractivity contribution is 9.10. The number of methoxy groups -OCH3 is 1. The Labute approximate surface area is 116 Å².